The van der Waals surface area contributed by atoms with Crippen LogP contribution in [0, 0.1) is 11.6 Å². The van der Waals surface area contributed by atoms with Gasteiger partial charge < -0.3 is 19.7 Å². The molecule has 150 valence electrons. The number of nitrogens with zero attached hydrogens (tertiary/aromatic N) is 1. The van der Waals surface area contributed by atoms with Crippen molar-refractivity contribution in [1.29, 1.82) is 0 Å². The minimum Gasteiger partial charge on any atom is -0.497 e. The quantitative estimate of drug-likeness (QED) is 0.869. The van der Waals surface area contributed by atoms with Gasteiger partial charge in [0.15, 0.2) is 0 Å². The lowest BCUT2D eigenvalue weighted by Gasteiger charge is -2.39. The van der Waals surface area contributed by atoms with Crippen molar-refractivity contribution in [3.63, 3.8) is 0 Å². The molecule has 2 unspecified atom stereocenters. The first-order valence-electron chi connectivity index (χ1n) is 8.79. The van der Waals surface area contributed by atoms with Gasteiger partial charge in [0, 0.05) is 43.6 Å². The number of nitrogens with one attached hydrogen (secondary N) is 1. The van der Waals surface area contributed by atoms with Crippen LogP contribution in [-0.2, 0) is 9.53 Å². The molecule has 1 aromatic rings. The van der Waals surface area contributed by atoms with Crippen molar-refractivity contribution in [1.82, 2.24) is 10.2 Å². The molecule has 1 aliphatic rings. The number of ether oxygens (including phenoxy) is 2. The molecule has 1 aromatic carbocycles. The van der Waals surface area contributed by atoms with Crippen molar-refractivity contribution in [2.45, 2.75) is 51.7 Å². The molecule has 6 nitrogen and oxygen atoms in total. The Morgan fingerprint density at radius 2 is 1.81 bits per heavy atom. The molecule has 2 amide bonds. The van der Waals surface area contributed by atoms with Crippen molar-refractivity contribution in [2.75, 3.05) is 20.2 Å². The van der Waals surface area contributed by atoms with Gasteiger partial charge in [0.25, 0.3) is 0 Å². The summed E-state index contributed by atoms with van der Waals surface area (Å²) in [5.74, 6) is -2.22. The maximum atomic E-state index is 14.6. The Morgan fingerprint density at radius 3 is 2.30 bits per heavy atom. The van der Waals surface area contributed by atoms with Crippen molar-refractivity contribution in [3.8, 4) is 5.75 Å². The van der Waals surface area contributed by atoms with Crippen LogP contribution in [0.4, 0.5) is 13.6 Å². The maximum Gasteiger partial charge on any atom is 0.407 e. The summed E-state index contributed by atoms with van der Waals surface area (Å²) in [5.41, 5.74) is -0.842. The number of carbonyl (C=O) groups is 2. The Bertz CT molecular complexity index is 695. The van der Waals surface area contributed by atoms with E-state index in [2.05, 4.69) is 5.32 Å². The molecule has 2 atom stereocenters. The minimum atomic E-state index is -0.746. The van der Waals surface area contributed by atoms with Crippen LogP contribution >= 0.6 is 0 Å². The van der Waals surface area contributed by atoms with E-state index >= 15 is 0 Å². The molecule has 0 saturated carbocycles. The molecule has 0 aliphatic carbocycles. The average Bonchev–Trinajstić information content (AvgIpc) is 2.53. The average molecular weight is 384 g/mol. The zero-order valence-electron chi connectivity index (χ0n) is 16.3. The van der Waals surface area contributed by atoms with Crippen molar-refractivity contribution >= 4 is 12.0 Å². The fraction of sp³-hybridized carbons (Fsp3) is 0.579. The molecule has 0 radical (unpaired) electrons. The highest BCUT2D eigenvalue weighted by Gasteiger charge is 2.36. The third-order valence-electron chi connectivity index (χ3n) is 4.42. The van der Waals surface area contributed by atoms with E-state index in [1.807, 2.05) is 0 Å². The SMILES string of the molecule is COc1cc(F)c(C2CCN(C(C)=O)CC2NC(=O)OC(C)(C)C)c(F)c1. The number of carbonyl (C=O) groups excluding carboxylic acids is 2. The summed E-state index contributed by atoms with van der Waals surface area (Å²) in [5, 5.41) is 2.67. The van der Waals surface area contributed by atoms with Gasteiger partial charge in [0.05, 0.1) is 13.2 Å². The van der Waals surface area contributed by atoms with E-state index in [0.29, 0.717) is 13.0 Å². The van der Waals surface area contributed by atoms with Crippen LogP contribution in [0.5, 0.6) is 5.75 Å². The summed E-state index contributed by atoms with van der Waals surface area (Å²) in [6.07, 6.45) is -0.391. The van der Waals surface area contributed by atoms with Crippen LogP contribution in [-0.4, -0.2) is 48.7 Å². The second kappa shape index (κ2) is 8.10. The van der Waals surface area contributed by atoms with E-state index in [0.717, 1.165) is 12.1 Å². The van der Waals surface area contributed by atoms with Gasteiger partial charge in [-0.05, 0) is 27.2 Å². The molecule has 8 heteroatoms. The summed E-state index contributed by atoms with van der Waals surface area (Å²) in [4.78, 5) is 25.5. The summed E-state index contributed by atoms with van der Waals surface area (Å²) in [6, 6.07) is 1.54. The van der Waals surface area contributed by atoms with Crippen LogP contribution < -0.4 is 10.1 Å². The number of piperidine rings is 1. The highest BCUT2D eigenvalue weighted by Crippen LogP contribution is 2.34. The number of methoxy groups -OCH3 is 1. The second-order valence-corrected chi connectivity index (χ2v) is 7.62. The van der Waals surface area contributed by atoms with Crippen molar-refractivity contribution in [2.24, 2.45) is 0 Å². The standard InChI is InChI=1S/C19H26F2N2O4/c1-11(24)23-7-6-13(16(10-23)22-18(25)27-19(2,3)4)17-14(20)8-12(26-5)9-15(17)21/h8-9,13,16H,6-7,10H2,1-5H3,(H,22,25). The number of rotatable bonds is 3. The van der Waals surface area contributed by atoms with Gasteiger partial charge in [-0.1, -0.05) is 0 Å². The molecule has 27 heavy (non-hydrogen) atoms. The number of hydrogen-bond acceptors (Lipinski definition) is 4. The Morgan fingerprint density at radius 1 is 1.22 bits per heavy atom. The number of amides is 2. The number of benzene rings is 1. The van der Waals surface area contributed by atoms with Crippen LogP contribution in [0.1, 0.15) is 45.6 Å². The summed E-state index contributed by atoms with van der Waals surface area (Å²) in [7, 11) is 1.33. The molecule has 1 heterocycles. The number of hydrogen-bond donors (Lipinski definition) is 1. The summed E-state index contributed by atoms with van der Waals surface area (Å²) in [6.45, 7) is 7.06. The Labute approximate surface area is 157 Å². The van der Waals surface area contributed by atoms with Crippen LogP contribution in [0.25, 0.3) is 0 Å². The first-order valence-corrected chi connectivity index (χ1v) is 8.79. The van der Waals surface area contributed by atoms with Crippen molar-refractivity contribution < 1.29 is 27.8 Å². The minimum absolute atomic E-state index is 0.0755. The third kappa shape index (κ3) is 5.30. The molecule has 0 bridgehead atoms. The predicted octanol–water partition coefficient (Wildman–Crippen LogP) is 3.20. The first-order chi connectivity index (χ1) is 12.5. The number of likely N-dealkylation sites (tertiary alicyclic amines) is 1. The van der Waals surface area contributed by atoms with Crippen LogP contribution in [0.15, 0.2) is 12.1 Å². The van der Waals surface area contributed by atoms with Gasteiger partial charge in [-0.15, -0.1) is 0 Å². The van der Waals surface area contributed by atoms with Crippen LogP contribution in [0.2, 0.25) is 0 Å². The molecule has 1 fully saturated rings. The van der Waals surface area contributed by atoms with Gasteiger partial charge >= 0.3 is 6.09 Å². The van der Waals surface area contributed by atoms with E-state index in [1.165, 1.54) is 18.9 Å². The van der Waals surface area contributed by atoms with E-state index in [1.54, 1.807) is 20.8 Å². The lowest BCUT2D eigenvalue weighted by molar-refractivity contribution is -0.130. The highest BCUT2D eigenvalue weighted by atomic mass is 19.1. The third-order valence-corrected chi connectivity index (χ3v) is 4.42. The highest BCUT2D eigenvalue weighted by molar-refractivity contribution is 5.74. The number of halogens is 2. The molecular weight excluding hydrogens is 358 g/mol. The van der Waals surface area contributed by atoms with E-state index < -0.39 is 35.3 Å². The van der Waals surface area contributed by atoms with E-state index in [-0.39, 0.29) is 23.8 Å². The summed E-state index contributed by atoms with van der Waals surface area (Å²) < 4.78 is 39.3. The first kappa shape index (κ1) is 20.9. The molecular formula is C19H26F2N2O4. The molecule has 2 rings (SSSR count). The Kier molecular flexibility index (Phi) is 6.28. The van der Waals surface area contributed by atoms with E-state index in [9.17, 15) is 18.4 Å². The van der Waals surface area contributed by atoms with Gasteiger partial charge in [0.2, 0.25) is 5.91 Å². The van der Waals surface area contributed by atoms with Gasteiger partial charge in [-0.2, -0.15) is 0 Å². The Balaban J connectivity index is 2.32. The smallest absolute Gasteiger partial charge is 0.407 e. The summed E-state index contributed by atoms with van der Waals surface area (Å²) >= 11 is 0. The monoisotopic (exact) mass is 384 g/mol. The van der Waals surface area contributed by atoms with E-state index in [4.69, 9.17) is 9.47 Å². The Hall–Kier alpha value is -2.38. The fourth-order valence-corrected chi connectivity index (χ4v) is 3.22. The zero-order chi connectivity index (χ0) is 20.4. The lowest BCUT2D eigenvalue weighted by atomic mass is 9.84. The topological polar surface area (TPSA) is 67.9 Å². The van der Waals surface area contributed by atoms with Crippen LogP contribution in [0.3, 0.4) is 0 Å². The molecule has 1 saturated heterocycles. The lowest BCUT2D eigenvalue weighted by Crippen LogP contribution is -2.53. The largest absolute Gasteiger partial charge is 0.497 e. The normalized spacial score (nSPS) is 20.2. The second-order valence-electron chi connectivity index (χ2n) is 7.62. The predicted molar refractivity (Wildman–Crippen MR) is 95.7 cm³/mol. The molecule has 0 spiro atoms. The number of alkyl carbamates (subject to hydrolysis) is 1. The van der Waals surface area contributed by atoms with Crippen molar-refractivity contribution in [3.05, 3.63) is 29.3 Å². The van der Waals surface area contributed by atoms with Gasteiger partial charge in [0.1, 0.15) is 23.0 Å². The zero-order valence-corrected chi connectivity index (χ0v) is 16.3. The maximum absolute atomic E-state index is 14.6. The van der Waals surface area contributed by atoms with Gasteiger partial charge in [-0.3, -0.25) is 4.79 Å². The fourth-order valence-electron chi connectivity index (χ4n) is 3.22. The molecule has 1 N–H and O–H groups in total. The molecule has 1 aliphatic heterocycles. The van der Waals surface area contributed by atoms with Gasteiger partial charge in [-0.25, -0.2) is 13.6 Å². The molecule has 0 aromatic heterocycles.